The summed E-state index contributed by atoms with van der Waals surface area (Å²) in [4.78, 5) is 37.0. The van der Waals surface area contributed by atoms with Crippen molar-refractivity contribution in [3.05, 3.63) is 53.7 Å². The van der Waals surface area contributed by atoms with Crippen LogP contribution in [0.1, 0.15) is 30.4 Å². The van der Waals surface area contributed by atoms with Gasteiger partial charge in [0.2, 0.25) is 17.8 Å². The van der Waals surface area contributed by atoms with Crippen molar-refractivity contribution in [2.24, 2.45) is 0 Å². The molecule has 1 aliphatic rings. The van der Waals surface area contributed by atoms with Crippen molar-refractivity contribution < 1.29 is 14.0 Å². The number of nitrogens with zero attached hydrogens (tertiary/aromatic N) is 5. The first-order chi connectivity index (χ1) is 18.8. The number of benzene rings is 1. The number of carbonyl (C=O) groups is 2. The highest BCUT2D eigenvalue weighted by Crippen LogP contribution is 2.21. The maximum Gasteiger partial charge on any atom is 0.247 e. The molecule has 1 aromatic carbocycles. The van der Waals surface area contributed by atoms with Crippen molar-refractivity contribution in [1.82, 2.24) is 25.1 Å². The van der Waals surface area contributed by atoms with Gasteiger partial charge in [-0.2, -0.15) is 10.2 Å². The van der Waals surface area contributed by atoms with Crippen LogP contribution in [0.25, 0.3) is 0 Å². The van der Waals surface area contributed by atoms with E-state index in [1.165, 1.54) is 11.0 Å². The van der Waals surface area contributed by atoms with Gasteiger partial charge in [-0.25, -0.2) is 9.37 Å². The van der Waals surface area contributed by atoms with Crippen molar-refractivity contribution in [2.45, 2.75) is 31.5 Å². The van der Waals surface area contributed by atoms with Crippen LogP contribution in [-0.4, -0.2) is 84.6 Å². The van der Waals surface area contributed by atoms with Crippen LogP contribution in [0.2, 0.25) is 0 Å². The number of unbranched alkanes of at least 4 members (excludes halogenated alkanes) is 1. The second-order valence-corrected chi connectivity index (χ2v) is 9.22. The lowest BCUT2D eigenvalue weighted by Crippen LogP contribution is -2.45. The van der Waals surface area contributed by atoms with E-state index in [0.717, 1.165) is 0 Å². The largest absolute Gasteiger partial charge is 0.372 e. The van der Waals surface area contributed by atoms with Gasteiger partial charge in [-0.3, -0.25) is 9.59 Å². The Labute approximate surface area is 228 Å². The molecule has 1 fully saturated rings. The number of carbonyl (C=O) groups excluding carboxylic acids is 2. The van der Waals surface area contributed by atoms with Crippen molar-refractivity contribution in [3.63, 3.8) is 0 Å². The molecule has 0 unspecified atom stereocenters. The van der Waals surface area contributed by atoms with E-state index in [1.54, 1.807) is 37.5 Å². The second-order valence-electron chi connectivity index (χ2n) is 9.22. The fourth-order valence-corrected chi connectivity index (χ4v) is 3.92. The normalized spacial score (nSPS) is 16.5. The van der Waals surface area contributed by atoms with E-state index in [1.807, 2.05) is 25.1 Å². The summed E-state index contributed by atoms with van der Waals surface area (Å²) in [5, 5.41) is 17.9. The number of aromatic nitrogens is 2. The zero-order chi connectivity index (χ0) is 28.2. The van der Waals surface area contributed by atoms with Gasteiger partial charge in [0, 0.05) is 44.7 Å². The summed E-state index contributed by atoms with van der Waals surface area (Å²) in [5.41, 5.74) is 1.85. The van der Waals surface area contributed by atoms with Gasteiger partial charge in [0.1, 0.15) is 18.0 Å². The predicted molar refractivity (Wildman–Crippen MR) is 148 cm³/mol. The zero-order valence-electron chi connectivity index (χ0n) is 22.4. The number of nitrogens with one attached hydrogen (secondary N) is 3. The molecule has 0 aliphatic carbocycles. The maximum absolute atomic E-state index is 14.0. The summed E-state index contributed by atoms with van der Waals surface area (Å²) in [7, 11) is 5.49. The van der Waals surface area contributed by atoms with Crippen LogP contribution in [0, 0.1) is 23.2 Å². The molecule has 204 valence electrons. The maximum atomic E-state index is 14.0. The molecule has 2 atom stereocenters. The number of likely N-dealkylation sites (N-methyl/N-ethyl adjacent to an activating group) is 1. The molecule has 1 aromatic heterocycles. The summed E-state index contributed by atoms with van der Waals surface area (Å²) in [5.74, 6) is 6.30. The second kappa shape index (κ2) is 14.5. The minimum Gasteiger partial charge on any atom is -0.372 e. The molecular formula is C28H33FN8O2. The van der Waals surface area contributed by atoms with E-state index >= 15 is 0 Å². The number of likely N-dealkylation sites (tertiary alicyclic amines) is 1. The van der Waals surface area contributed by atoms with Gasteiger partial charge < -0.3 is 25.8 Å². The predicted octanol–water partition coefficient (Wildman–Crippen LogP) is 2.44. The molecule has 0 saturated carbocycles. The third-order valence-electron chi connectivity index (χ3n) is 5.84. The van der Waals surface area contributed by atoms with Gasteiger partial charge in [0.25, 0.3) is 0 Å². The molecule has 2 heterocycles. The van der Waals surface area contributed by atoms with E-state index in [4.69, 9.17) is 5.26 Å². The molecule has 1 aliphatic heterocycles. The number of amides is 2. The molecule has 11 heteroatoms. The number of hydrogen-bond donors (Lipinski definition) is 3. The number of halogens is 1. The van der Waals surface area contributed by atoms with Gasteiger partial charge >= 0.3 is 0 Å². The molecule has 0 spiro atoms. The Balaban J connectivity index is 1.49. The number of anilines is 3. The van der Waals surface area contributed by atoms with Crippen LogP contribution in [0.5, 0.6) is 0 Å². The highest BCUT2D eigenvalue weighted by atomic mass is 19.1. The summed E-state index contributed by atoms with van der Waals surface area (Å²) in [6.07, 6.45) is 4.58. The van der Waals surface area contributed by atoms with Crippen molar-refractivity contribution >= 4 is 29.3 Å². The lowest BCUT2D eigenvalue weighted by molar-refractivity contribution is -0.135. The van der Waals surface area contributed by atoms with E-state index in [2.05, 4.69) is 43.8 Å². The number of rotatable bonds is 10. The monoisotopic (exact) mass is 532 g/mol. The van der Waals surface area contributed by atoms with Crippen molar-refractivity contribution in [2.75, 3.05) is 51.4 Å². The Kier molecular flexibility index (Phi) is 10.8. The molecule has 0 bridgehead atoms. The topological polar surface area (TPSA) is 126 Å². The summed E-state index contributed by atoms with van der Waals surface area (Å²) >= 11 is 0. The van der Waals surface area contributed by atoms with Crippen molar-refractivity contribution in [1.29, 1.82) is 5.26 Å². The average Bonchev–Trinajstić information content (AvgIpc) is 3.32. The first-order valence-electron chi connectivity index (χ1n) is 12.6. The molecule has 2 amide bonds. The van der Waals surface area contributed by atoms with E-state index in [-0.39, 0.29) is 24.8 Å². The van der Waals surface area contributed by atoms with Crippen LogP contribution < -0.4 is 16.0 Å². The molecule has 2 aromatic rings. The Morgan fingerprint density at radius 3 is 2.90 bits per heavy atom. The van der Waals surface area contributed by atoms with Gasteiger partial charge in [0.05, 0.1) is 29.9 Å². The number of nitriles is 1. The number of alkyl halides is 1. The summed E-state index contributed by atoms with van der Waals surface area (Å²) < 4.78 is 14.0. The van der Waals surface area contributed by atoms with Gasteiger partial charge in [-0.05, 0) is 38.7 Å². The third kappa shape index (κ3) is 8.80. The molecule has 1 saturated heterocycles. The van der Waals surface area contributed by atoms with Gasteiger partial charge in [-0.15, -0.1) is 0 Å². The van der Waals surface area contributed by atoms with Gasteiger partial charge in [0.15, 0.2) is 0 Å². The lowest BCUT2D eigenvalue weighted by atomic mass is 10.2. The third-order valence-corrected chi connectivity index (χ3v) is 5.84. The average molecular weight is 533 g/mol. The van der Waals surface area contributed by atoms with E-state index < -0.39 is 12.2 Å². The molecule has 3 N–H and O–H groups in total. The summed E-state index contributed by atoms with van der Waals surface area (Å²) in [6, 6.07) is 8.29. The Morgan fingerprint density at radius 2 is 2.15 bits per heavy atom. The summed E-state index contributed by atoms with van der Waals surface area (Å²) in [6.45, 7) is 0.863. The van der Waals surface area contributed by atoms with E-state index in [9.17, 15) is 14.0 Å². The molecule has 3 rings (SSSR count). The fourth-order valence-electron chi connectivity index (χ4n) is 3.92. The standard InChI is InChI=1S/C28H33FN8O2/c1-31-26-21(18-33-28(35-26)34-23-11-7-9-20(15-23)17-30)10-5-4-6-13-32-27(39)24-16-22(29)19-37(24)25(38)12-8-14-36(2)3/h7-9,11-12,15,18,22,24H,4,6,13-14,16,19H2,1-3H3,(H,32,39)(H2,31,33,34,35)/b12-8+/t22-,24-/m0/s1. The minimum absolute atomic E-state index is 0.000303. The van der Waals surface area contributed by atoms with Crippen molar-refractivity contribution in [3.8, 4) is 17.9 Å². The van der Waals surface area contributed by atoms with Crippen LogP contribution in [0.3, 0.4) is 0 Å². The van der Waals surface area contributed by atoms with E-state index in [0.29, 0.717) is 54.5 Å². The Bertz CT molecular complexity index is 1290. The van der Waals surface area contributed by atoms with Crippen LogP contribution in [-0.2, 0) is 9.59 Å². The minimum atomic E-state index is -1.22. The van der Waals surface area contributed by atoms with Crippen LogP contribution in [0.4, 0.5) is 21.8 Å². The Morgan fingerprint density at radius 1 is 1.33 bits per heavy atom. The fraction of sp³-hybridized carbons (Fsp3) is 0.393. The molecule has 39 heavy (non-hydrogen) atoms. The molecule has 10 nitrogen and oxygen atoms in total. The lowest BCUT2D eigenvalue weighted by Gasteiger charge is -2.22. The van der Waals surface area contributed by atoms with Gasteiger partial charge in [-0.1, -0.05) is 24.0 Å². The SMILES string of the molecule is CNc1nc(Nc2cccc(C#N)c2)ncc1C#CCCCNC(=O)[C@@H]1C[C@H](F)CN1C(=O)/C=C/CN(C)C. The molecule has 0 radical (unpaired) electrons. The highest BCUT2D eigenvalue weighted by Gasteiger charge is 2.38. The number of hydrogen-bond acceptors (Lipinski definition) is 8. The first-order valence-corrected chi connectivity index (χ1v) is 12.6. The smallest absolute Gasteiger partial charge is 0.247 e. The highest BCUT2D eigenvalue weighted by molar-refractivity contribution is 5.93. The van der Waals surface area contributed by atoms with Crippen LogP contribution >= 0.6 is 0 Å². The molecular weight excluding hydrogens is 499 g/mol. The Hall–Kier alpha value is -4.48. The first kappa shape index (κ1) is 29.1. The quantitative estimate of drug-likeness (QED) is 0.242. The zero-order valence-corrected chi connectivity index (χ0v) is 22.4. The van der Waals surface area contributed by atoms with Crippen LogP contribution in [0.15, 0.2) is 42.6 Å².